The fraction of sp³-hybridized carbons (Fsp3) is 0.911. The summed E-state index contributed by atoms with van der Waals surface area (Å²) in [5.41, 5.74) is -1.65. The molecule has 0 bridgehead atoms. The average molecular weight is 1120 g/mol. The van der Waals surface area contributed by atoms with Crippen LogP contribution in [0.4, 0.5) is 4.79 Å². The van der Waals surface area contributed by atoms with Crippen molar-refractivity contribution in [3.63, 3.8) is 0 Å². The van der Waals surface area contributed by atoms with Crippen molar-refractivity contribution in [3.8, 4) is 0 Å². The van der Waals surface area contributed by atoms with E-state index in [0.717, 1.165) is 12.8 Å². The minimum absolute atomic E-state index is 0.0134. The number of nitrogens with one attached hydrogen (secondary N) is 1. The number of esters is 2. The van der Waals surface area contributed by atoms with Crippen molar-refractivity contribution < 1.29 is 91.1 Å². The summed E-state index contributed by atoms with van der Waals surface area (Å²) in [6, 6.07) is 0.0164. The third-order valence-corrected chi connectivity index (χ3v) is 16.4. The fourth-order valence-corrected chi connectivity index (χ4v) is 12.0. The quantitative estimate of drug-likeness (QED) is 0.0963. The number of oxime groups is 1. The lowest BCUT2D eigenvalue weighted by Crippen LogP contribution is -2.59. The highest BCUT2D eigenvalue weighted by atomic mass is 16.7. The van der Waals surface area contributed by atoms with Crippen molar-refractivity contribution in [3.05, 3.63) is 0 Å². The van der Waals surface area contributed by atoms with Gasteiger partial charge in [0.1, 0.15) is 43.7 Å². The number of likely N-dealkylation sites (N-methyl/N-ethyl adjacent to an activating group) is 1. The molecule has 22 heteroatoms. The highest BCUT2D eigenvalue weighted by Crippen LogP contribution is 2.40. The van der Waals surface area contributed by atoms with Gasteiger partial charge in [-0.05, 0) is 79.7 Å². The number of Topliss-reactive ketones (excluding diaryl/α,β-unsaturated/α-hetero) is 1. The highest BCUT2D eigenvalue weighted by Gasteiger charge is 2.53. The predicted octanol–water partition coefficient (Wildman–Crippen LogP) is 5.19. The van der Waals surface area contributed by atoms with E-state index in [4.69, 9.17) is 61.7 Å². The topological polar surface area (TPSA) is 256 Å². The molecule has 5 saturated heterocycles. The van der Waals surface area contributed by atoms with Crippen molar-refractivity contribution in [2.24, 2.45) is 46.6 Å². The maximum Gasteiger partial charge on any atom is 0.408 e. The van der Waals surface area contributed by atoms with E-state index < -0.39 is 145 Å². The molecule has 1 amide bonds. The molecule has 0 spiro atoms. The first kappa shape index (κ1) is 65.7. The number of amides is 1. The van der Waals surface area contributed by atoms with Crippen molar-refractivity contribution in [2.75, 3.05) is 54.7 Å². The number of hydrogen-bond donors (Lipinski definition) is 3. The zero-order chi connectivity index (χ0) is 57.9. The van der Waals surface area contributed by atoms with Crippen LogP contribution in [0.25, 0.3) is 0 Å². The maximum atomic E-state index is 15.8. The number of hydrogen-bond acceptors (Lipinski definition) is 21. The Hall–Kier alpha value is -3.13. The summed E-state index contributed by atoms with van der Waals surface area (Å²) in [5.74, 6) is -7.31. The van der Waals surface area contributed by atoms with Crippen molar-refractivity contribution >= 4 is 29.5 Å². The molecule has 450 valence electrons. The van der Waals surface area contributed by atoms with E-state index in [1.54, 1.807) is 34.6 Å². The summed E-state index contributed by atoms with van der Waals surface area (Å²) in [5, 5.41) is 29.6. The van der Waals surface area contributed by atoms with Crippen molar-refractivity contribution in [1.82, 2.24) is 10.2 Å². The number of carbonyl (C=O) groups is 4. The molecule has 5 aliphatic rings. The smallest absolute Gasteiger partial charge is 0.408 e. The van der Waals surface area contributed by atoms with Crippen LogP contribution < -0.4 is 5.32 Å². The summed E-state index contributed by atoms with van der Waals surface area (Å²) in [4.78, 5) is 66.6. The van der Waals surface area contributed by atoms with Gasteiger partial charge in [-0.3, -0.25) is 14.4 Å². The van der Waals surface area contributed by atoms with Crippen LogP contribution in [0.3, 0.4) is 0 Å². The fourth-order valence-electron chi connectivity index (χ4n) is 12.0. The lowest BCUT2D eigenvalue weighted by atomic mass is 9.74. The van der Waals surface area contributed by atoms with E-state index in [1.807, 2.05) is 55.5 Å². The first-order valence-electron chi connectivity index (χ1n) is 28.4. The van der Waals surface area contributed by atoms with E-state index in [-0.39, 0.29) is 56.6 Å². The van der Waals surface area contributed by atoms with Gasteiger partial charge in [0.25, 0.3) is 0 Å². The minimum atomic E-state index is -1.94. The Kier molecular flexibility index (Phi) is 25.0. The Morgan fingerprint density at radius 3 is 2.17 bits per heavy atom. The molecule has 0 radical (unpaired) electrons. The molecule has 0 aromatic heterocycles. The summed E-state index contributed by atoms with van der Waals surface area (Å²) in [6.45, 7) is 24.6. The Bertz CT molecular complexity index is 1940. The van der Waals surface area contributed by atoms with E-state index in [0.29, 0.717) is 25.3 Å². The maximum absolute atomic E-state index is 15.8. The number of ketones is 1. The number of methoxy groups -OCH3 is 2. The van der Waals surface area contributed by atoms with E-state index in [1.165, 1.54) is 21.3 Å². The van der Waals surface area contributed by atoms with Gasteiger partial charge >= 0.3 is 18.0 Å². The molecule has 0 aliphatic carbocycles. The van der Waals surface area contributed by atoms with E-state index >= 15 is 9.59 Å². The number of carbonyl (C=O) groups excluding carboxylic acids is 4. The molecule has 5 heterocycles. The van der Waals surface area contributed by atoms with Gasteiger partial charge in [0.15, 0.2) is 30.3 Å². The molecule has 0 aromatic rings. The van der Waals surface area contributed by atoms with Crippen LogP contribution in [-0.2, 0) is 76.1 Å². The molecule has 78 heavy (non-hydrogen) atoms. The largest absolute Gasteiger partial charge is 0.461 e. The van der Waals surface area contributed by atoms with Crippen molar-refractivity contribution in [2.45, 2.75) is 232 Å². The van der Waals surface area contributed by atoms with Gasteiger partial charge in [-0.2, -0.15) is 0 Å². The second kappa shape index (κ2) is 29.7. The summed E-state index contributed by atoms with van der Waals surface area (Å²) in [6.07, 6.45) is -12.1. The van der Waals surface area contributed by atoms with Gasteiger partial charge in [0, 0.05) is 77.0 Å². The first-order valence-corrected chi connectivity index (χ1v) is 28.4. The average Bonchev–Trinajstić information content (AvgIpc) is 3.90. The number of aliphatic hydroxyl groups is 2. The molecular weight excluding hydrogens is 1020 g/mol. The number of rotatable bonds is 17. The standard InChI is InChI=1S/C56H97N3O19/c1-28(2)21-41(60)74-47-35(9)46(30(4)27-70-54-50(67-16)49(66-15)43(61)38(12)73-54)76-52(64)37(11)48(75-42-22-31(5)59(14)26-33(7)71-42)34(8)45(77-53-44(62)40(58-68-17)23-32(6)72-53)29(3)24-56(13,51(63)36(47)10)78-55(65)57-25-39-19-18-20-69-39/h28-39,42-50,53-54,61-62H,18-27H2,1-17H3,(H,57,65)/t29-,30-,31?,32+,33-,34+,35-,36+,37+,38+,39?,42-,43+,44+,45-,46+,47+,48-,49+,50+,53-,54+,56-/m0/s1. The van der Waals surface area contributed by atoms with Crippen molar-refractivity contribution in [1.29, 1.82) is 0 Å². The second-order valence-electron chi connectivity index (χ2n) is 23.7. The number of nitrogens with zero attached hydrogens (tertiary/aromatic N) is 2. The first-order chi connectivity index (χ1) is 36.7. The number of cyclic esters (lactones) is 1. The Balaban J connectivity index is 1.69. The van der Waals surface area contributed by atoms with Crippen LogP contribution >= 0.6 is 0 Å². The Morgan fingerprint density at radius 2 is 1.54 bits per heavy atom. The van der Waals surface area contributed by atoms with Gasteiger partial charge < -0.3 is 82.1 Å². The van der Waals surface area contributed by atoms with Gasteiger partial charge in [0.05, 0.1) is 60.8 Å². The van der Waals surface area contributed by atoms with Crippen LogP contribution in [0.5, 0.6) is 0 Å². The molecule has 3 N–H and O–H groups in total. The van der Waals surface area contributed by atoms with E-state index in [9.17, 15) is 19.8 Å². The van der Waals surface area contributed by atoms with Crippen LogP contribution in [0.15, 0.2) is 5.16 Å². The predicted molar refractivity (Wildman–Crippen MR) is 284 cm³/mol. The van der Waals surface area contributed by atoms with Crippen LogP contribution in [0.2, 0.25) is 0 Å². The molecule has 5 aliphatic heterocycles. The molecular formula is C56H97N3O19. The zero-order valence-corrected chi connectivity index (χ0v) is 49.6. The van der Waals surface area contributed by atoms with Crippen LogP contribution in [0.1, 0.15) is 129 Å². The van der Waals surface area contributed by atoms with Crippen LogP contribution in [0, 0.1) is 41.4 Å². The monoisotopic (exact) mass is 1120 g/mol. The zero-order valence-electron chi connectivity index (χ0n) is 49.6. The van der Waals surface area contributed by atoms with Crippen LogP contribution in [-0.4, -0.2) is 203 Å². The number of aliphatic hydroxyl groups excluding tert-OH is 2. The molecule has 2 unspecified atom stereocenters. The Labute approximate surface area is 463 Å². The molecule has 22 nitrogen and oxygen atoms in total. The Morgan fingerprint density at radius 1 is 0.846 bits per heavy atom. The number of alkyl carbamates (subject to hydrolysis) is 1. The molecule has 23 atom stereocenters. The van der Waals surface area contributed by atoms with Gasteiger partial charge in [-0.15, -0.1) is 0 Å². The molecule has 0 aromatic carbocycles. The third kappa shape index (κ3) is 17.0. The molecule has 5 rings (SSSR count). The third-order valence-electron chi connectivity index (χ3n) is 16.4. The molecule has 0 saturated carbocycles. The summed E-state index contributed by atoms with van der Waals surface area (Å²) >= 11 is 0. The summed E-state index contributed by atoms with van der Waals surface area (Å²) in [7, 11) is 6.31. The van der Waals surface area contributed by atoms with Gasteiger partial charge in [0.2, 0.25) is 0 Å². The number of ether oxygens (including phenoxy) is 12. The van der Waals surface area contributed by atoms with E-state index in [2.05, 4.69) is 22.3 Å². The SMILES string of the molecule is CON=C1C[C@@H](C)O[C@@H](O[C@@H]2[C@@H](C)[C@H](O[C@H]3CC(C)N(C)C[C@H](C)O3)[C@@H](C)C(=O)O[C@H]([C@@H](C)CO[C@@H]3O[C@H](C)[C@@H](O)[C@@H](OC)[C@H]3OC)[C@H](C)[C@@H](OC(=O)CC(C)C)[C@@H](C)C(=O)[C@@](C)(OC(=O)NCC3CCCO3)C[C@@H]2C)[C@@H]1O. The highest BCUT2D eigenvalue weighted by molar-refractivity contribution is 5.91. The minimum Gasteiger partial charge on any atom is -0.461 e. The van der Waals surface area contributed by atoms with Gasteiger partial charge in [-0.25, -0.2) is 4.79 Å². The lowest BCUT2D eigenvalue weighted by Gasteiger charge is -2.45. The summed E-state index contributed by atoms with van der Waals surface area (Å²) < 4.78 is 76.1. The molecule has 5 fully saturated rings. The van der Waals surface area contributed by atoms with Gasteiger partial charge in [-0.1, -0.05) is 53.6 Å². The normalized spacial score (nSPS) is 41.8. The second-order valence-corrected chi connectivity index (χ2v) is 23.7. The lowest BCUT2D eigenvalue weighted by molar-refractivity contribution is -0.305.